The number of aryl methyl sites for hydroxylation is 1. The topological polar surface area (TPSA) is 76.2 Å². The number of carboxylic acids is 1. The molecule has 0 aromatic carbocycles. The molecular weight excluding hydrogens is 212 g/mol. The molecule has 3 N–H and O–H groups in total. The summed E-state index contributed by atoms with van der Waals surface area (Å²) in [6.07, 6.45) is 4.05. The van der Waals surface area contributed by atoms with Gasteiger partial charge in [-0.1, -0.05) is 12.8 Å². The van der Waals surface area contributed by atoms with E-state index in [1.165, 1.54) is 11.3 Å². The average Bonchev–Trinajstić information content (AvgIpc) is 2.72. The Bertz CT molecular complexity index is 394. The lowest BCUT2D eigenvalue weighted by molar-refractivity contribution is 0.0701. The first-order chi connectivity index (χ1) is 7.03. The molecule has 0 atom stereocenters. The van der Waals surface area contributed by atoms with E-state index >= 15 is 0 Å². The van der Waals surface area contributed by atoms with E-state index in [9.17, 15) is 4.79 Å². The van der Waals surface area contributed by atoms with Gasteiger partial charge in [-0.3, -0.25) is 0 Å². The van der Waals surface area contributed by atoms with Crippen molar-refractivity contribution in [3.05, 3.63) is 15.6 Å². The molecule has 1 aliphatic rings. The van der Waals surface area contributed by atoms with Gasteiger partial charge in [-0.2, -0.15) is 0 Å². The predicted octanol–water partition coefficient (Wildman–Crippen LogP) is 1.88. The summed E-state index contributed by atoms with van der Waals surface area (Å²) in [5.41, 5.74) is 6.43. The van der Waals surface area contributed by atoms with Crippen molar-refractivity contribution in [2.45, 2.75) is 38.1 Å². The third-order valence-electron chi connectivity index (χ3n) is 2.91. The van der Waals surface area contributed by atoms with Gasteiger partial charge in [-0.15, -0.1) is 11.3 Å². The first-order valence-electron chi connectivity index (χ1n) is 5.03. The molecule has 1 aliphatic carbocycles. The Morgan fingerprint density at radius 2 is 2.13 bits per heavy atom. The molecule has 1 saturated carbocycles. The highest BCUT2D eigenvalue weighted by molar-refractivity contribution is 7.13. The van der Waals surface area contributed by atoms with Gasteiger partial charge in [0.1, 0.15) is 9.88 Å². The fraction of sp³-hybridized carbons (Fsp3) is 0.600. The molecule has 0 amide bonds. The van der Waals surface area contributed by atoms with Crippen LogP contribution in [0.2, 0.25) is 0 Å². The van der Waals surface area contributed by atoms with Crippen molar-refractivity contribution in [3.63, 3.8) is 0 Å². The molecule has 1 heterocycles. The van der Waals surface area contributed by atoms with Crippen molar-refractivity contribution in [2.24, 2.45) is 5.73 Å². The Hall–Kier alpha value is -0.940. The quantitative estimate of drug-likeness (QED) is 0.807. The number of nitrogens with two attached hydrogens (primary N) is 1. The van der Waals surface area contributed by atoms with Crippen molar-refractivity contribution >= 4 is 17.3 Å². The zero-order valence-electron chi connectivity index (χ0n) is 8.62. The standard InChI is InChI=1S/C10H14N2O2S/c1-6-7(8(13)14)15-9(12-6)10(11)4-2-3-5-10/h2-5,11H2,1H3,(H,13,14). The second-order valence-corrected chi connectivity index (χ2v) is 5.10. The van der Waals surface area contributed by atoms with E-state index in [2.05, 4.69) is 4.98 Å². The van der Waals surface area contributed by atoms with Crippen molar-refractivity contribution < 1.29 is 9.90 Å². The zero-order chi connectivity index (χ0) is 11.1. The van der Waals surface area contributed by atoms with Crippen molar-refractivity contribution in [1.82, 2.24) is 4.98 Å². The maximum Gasteiger partial charge on any atom is 0.347 e. The average molecular weight is 226 g/mol. The predicted molar refractivity (Wildman–Crippen MR) is 58.1 cm³/mol. The van der Waals surface area contributed by atoms with E-state index in [4.69, 9.17) is 10.8 Å². The number of nitrogens with zero attached hydrogens (tertiary/aromatic N) is 1. The summed E-state index contributed by atoms with van der Waals surface area (Å²) < 4.78 is 0. The second-order valence-electron chi connectivity index (χ2n) is 4.10. The molecule has 82 valence electrons. The van der Waals surface area contributed by atoms with Crippen LogP contribution in [-0.4, -0.2) is 16.1 Å². The number of hydrogen-bond donors (Lipinski definition) is 2. The summed E-state index contributed by atoms with van der Waals surface area (Å²) in [4.78, 5) is 15.5. The number of carboxylic acid groups (broad SMARTS) is 1. The van der Waals surface area contributed by atoms with Gasteiger partial charge in [0, 0.05) is 0 Å². The largest absolute Gasteiger partial charge is 0.477 e. The van der Waals surface area contributed by atoms with Crippen molar-refractivity contribution in [2.75, 3.05) is 0 Å². The summed E-state index contributed by atoms with van der Waals surface area (Å²) in [6.45, 7) is 1.72. The van der Waals surface area contributed by atoms with Crippen LogP contribution in [0.4, 0.5) is 0 Å². The Kier molecular flexibility index (Phi) is 2.52. The first-order valence-corrected chi connectivity index (χ1v) is 5.85. The zero-order valence-corrected chi connectivity index (χ0v) is 9.43. The van der Waals surface area contributed by atoms with Crippen molar-refractivity contribution in [3.8, 4) is 0 Å². The van der Waals surface area contributed by atoms with E-state index in [1.807, 2.05) is 0 Å². The molecule has 0 aliphatic heterocycles. The van der Waals surface area contributed by atoms with Gasteiger partial charge in [-0.25, -0.2) is 9.78 Å². The molecular formula is C10H14N2O2S. The second kappa shape index (κ2) is 3.57. The SMILES string of the molecule is Cc1nc(C2(N)CCCC2)sc1C(=O)O. The van der Waals surface area contributed by atoms with Gasteiger partial charge in [0.05, 0.1) is 11.2 Å². The Morgan fingerprint density at radius 1 is 1.53 bits per heavy atom. The van der Waals surface area contributed by atoms with Gasteiger partial charge in [0.15, 0.2) is 0 Å². The van der Waals surface area contributed by atoms with Crippen LogP contribution in [0, 0.1) is 6.92 Å². The Balaban J connectivity index is 2.37. The molecule has 4 nitrogen and oxygen atoms in total. The van der Waals surface area contributed by atoms with Crippen LogP contribution in [0.1, 0.15) is 46.1 Å². The van der Waals surface area contributed by atoms with E-state index < -0.39 is 5.97 Å². The highest BCUT2D eigenvalue weighted by Gasteiger charge is 2.35. The van der Waals surface area contributed by atoms with Gasteiger partial charge in [0.25, 0.3) is 0 Å². The molecule has 2 rings (SSSR count). The van der Waals surface area contributed by atoms with Gasteiger partial charge in [-0.05, 0) is 19.8 Å². The number of aromatic nitrogens is 1. The summed E-state index contributed by atoms with van der Waals surface area (Å²) in [6, 6.07) is 0. The summed E-state index contributed by atoms with van der Waals surface area (Å²) in [5.74, 6) is -0.905. The van der Waals surface area contributed by atoms with Crippen molar-refractivity contribution in [1.29, 1.82) is 0 Å². The van der Waals surface area contributed by atoms with Gasteiger partial charge < -0.3 is 10.8 Å². The van der Waals surface area contributed by atoms with E-state index in [-0.39, 0.29) is 5.54 Å². The normalized spacial score (nSPS) is 19.3. The first kappa shape index (κ1) is 10.6. The van der Waals surface area contributed by atoms with Crippen LogP contribution < -0.4 is 5.73 Å². The Labute approximate surface area is 92.1 Å². The third-order valence-corrected chi connectivity index (χ3v) is 4.28. The highest BCUT2D eigenvalue weighted by Crippen LogP contribution is 2.38. The molecule has 0 bridgehead atoms. The fourth-order valence-corrected chi connectivity index (χ4v) is 3.09. The minimum absolute atomic E-state index is 0.321. The maximum atomic E-state index is 10.9. The lowest BCUT2D eigenvalue weighted by Gasteiger charge is -2.19. The molecule has 1 aromatic rings. The van der Waals surface area contributed by atoms with Crippen LogP contribution in [-0.2, 0) is 5.54 Å². The van der Waals surface area contributed by atoms with E-state index in [0.29, 0.717) is 10.6 Å². The number of hydrogen-bond acceptors (Lipinski definition) is 4. The number of rotatable bonds is 2. The lowest BCUT2D eigenvalue weighted by Crippen LogP contribution is -2.32. The molecule has 5 heteroatoms. The Morgan fingerprint density at radius 3 is 2.60 bits per heavy atom. The fourth-order valence-electron chi connectivity index (χ4n) is 2.03. The molecule has 0 unspecified atom stereocenters. The monoisotopic (exact) mass is 226 g/mol. The van der Waals surface area contributed by atoms with Gasteiger partial charge in [0.2, 0.25) is 0 Å². The molecule has 0 radical (unpaired) electrons. The summed E-state index contributed by atoms with van der Waals surface area (Å²) in [7, 11) is 0. The molecule has 0 spiro atoms. The number of carbonyl (C=O) groups is 1. The molecule has 15 heavy (non-hydrogen) atoms. The number of thiazole rings is 1. The lowest BCUT2D eigenvalue weighted by atomic mass is 10.0. The van der Waals surface area contributed by atoms with E-state index in [0.717, 1.165) is 30.7 Å². The van der Waals surface area contributed by atoms with E-state index in [1.54, 1.807) is 6.92 Å². The molecule has 0 saturated heterocycles. The van der Waals surface area contributed by atoms with Crippen LogP contribution in [0.15, 0.2) is 0 Å². The number of aromatic carboxylic acids is 1. The third kappa shape index (κ3) is 1.77. The van der Waals surface area contributed by atoms with Crippen LogP contribution in [0.3, 0.4) is 0 Å². The van der Waals surface area contributed by atoms with Gasteiger partial charge >= 0.3 is 5.97 Å². The minimum Gasteiger partial charge on any atom is -0.477 e. The van der Waals surface area contributed by atoms with Crippen LogP contribution >= 0.6 is 11.3 Å². The minimum atomic E-state index is -0.905. The molecule has 1 aromatic heterocycles. The van der Waals surface area contributed by atoms with Crippen LogP contribution in [0.25, 0.3) is 0 Å². The highest BCUT2D eigenvalue weighted by atomic mass is 32.1. The summed E-state index contributed by atoms with van der Waals surface area (Å²) in [5, 5.41) is 9.72. The molecule has 1 fully saturated rings. The smallest absolute Gasteiger partial charge is 0.347 e. The van der Waals surface area contributed by atoms with Crippen LogP contribution in [0.5, 0.6) is 0 Å². The maximum absolute atomic E-state index is 10.9. The summed E-state index contributed by atoms with van der Waals surface area (Å²) >= 11 is 1.23.